The number of carbonyl (C=O) groups excluding carboxylic acids is 1. The van der Waals surface area contributed by atoms with E-state index >= 15 is 0 Å². The zero-order valence-corrected chi connectivity index (χ0v) is 17.5. The van der Waals surface area contributed by atoms with E-state index in [1.165, 1.54) is 10.5 Å². The molecular formula is C23H24N3O5+. The standard InChI is InChI=1S/C23H24N3O5/c1-25(8-6-24)23(27)31-22-17-12-26-7-5-15-10-20-21(30-13-29-20)11-16(15)18(26)9-14(17)3-4-19(22)28-2/h3-4,9-12H,5-8,13,24H2,1-2H3/q+1. The van der Waals surface area contributed by atoms with Crippen molar-refractivity contribution in [1.82, 2.24) is 4.90 Å². The lowest BCUT2D eigenvalue weighted by Gasteiger charge is -2.19. The Labute approximate surface area is 179 Å². The molecule has 0 bridgehead atoms. The summed E-state index contributed by atoms with van der Waals surface area (Å²) in [5.74, 6) is 2.47. The van der Waals surface area contributed by atoms with E-state index in [2.05, 4.69) is 16.7 Å². The Morgan fingerprint density at radius 3 is 2.81 bits per heavy atom. The minimum absolute atomic E-state index is 0.253. The molecule has 3 heterocycles. The van der Waals surface area contributed by atoms with Gasteiger partial charge in [0.05, 0.1) is 18.1 Å². The van der Waals surface area contributed by atoms with Crippen LogP contribution in [0.1, 0.15) is 5.56 Å². The summed E-state index contributed by atoms with van der Waals surface area (Å²) < 4.78 is 24.5. The molecule has 0 saturated carbocycles. The third kappa shape index (κ3) is 3.29. The summed E-state index contributed by atoms with van der Waals surface area (Å²) in [5.41, 5.74) is 8.99. The van der Waals surface area contributed by atoms with Crippen molar-refractivity contribution in [2.45, 2.75) is 13.0 Å². The first kappa shape index (κ1) is 19.4. The van der Waals surface area contributed by atoms with E-state index in [9.17, 15) is 4.79 Å². The lowest BCUT2D eigenvalue weighted by molar-refractivity contribution is -0.686. The highest BCUT2D eigenvalue weighted by atomic mass is 16.7. The Kier molecular flexibility index (Phi) is 4.78. The first-order valence-electron chi connectivity index (χ1n) is 10.2. The summed E-state index contributed by atoms with van der Waals surface area (Å²) in [4.78, 5) is 14.0. The molecule has 0 fully saturated rings. The summed E-state index contributed by atoms with van der Waals surface area (Å²) in [7, 11) is 3.22. The van der Waals surface area contributed by atoms with Crippen LogP contribution >= 0.6 is 0 Å². The molecule has 0 saturated heterocycles. The van der Waals surface area contributed by atoms with Crippen molar-refractivity contribution in [3.05, 3.63) is 42.1 Å². The number of benzene rings is 2. The summed E-state index contributed by atoms with van der Waals surface area (Å²) in [5, 5.41) is 1.75. The maximum absolute atomic E-state index is 12.5. The first-order chi connectivity index (χ1) is 15.1. The van der Waals surface area contributed by atoms with Crippen LogP contribution in [0.3, 0.4) is 0 Å². The van der Waals surface area contributed by atoms with Crippen LogP contribution < -0.4 is 29.2 Å². The van der Waals surface area contributed by atoms with Crippen LogP contribution in [0.15, 0.2) is 36.5 Å². The van der Waals surface area contributed by atoms with Gasteiger partial charge in [0.2, 0.25) is 12.5 Å². The van der Waals surface area contributed by atoms with E-state index in [1.54, 1.807) is 14.2 Å². The van der Waals surface area contributed by atoms with Crippen molar-refractivity contribution < 1.29 is 28.3 Å². The Bertz CT molecular complexity index is 1190. The van der Waals surface area contributed by atoms with Gasteiger partial charge in [-0.15, -0.1) is 0 Å². The molecule has 2 aliphatic heterocycles. The van der Waals surface area contributed by atoms with E-state index in [4.69, 9.17) is 24.7 Å². The van der Waals surface area contributed by atoms with Gasteiger partial charge >= 0.3 is 6.09 Å². The lowest BCUT2D eigenvalue weighted by atomic mass is 9.95. The number of nitrogens with two attached hydrogens (primary N) is 1. The van der Waals surface area contributed by atoms with E-state index in [0.29, 0.717) is 24.6 Å². The molecule has 2 aromatic carbocycles. The van der Waals surface area contributed by atoms with Crippen molar-refractivity contribution in [2.24, 2.45) is 5.73 Å². The van der Waals surface area contributed by atoms with E-state index in [-0.39, 0.29) is 6.79 Å². The fraction of sp³-hybridized carbons (Fsp3) is 0.304. The number of likely N-dealkylation sites (N-methyl/N-ethyl adjacent to an activating group) is 1. The average molecular weight is 422 g/mol. The second-order valence-corrected chi connectivity index (χ2v) is 7.64. The number of pyridine rings is 1. The number of nitrogens with zero attached hydrogens (tertiary/aromatic N) is 2. The minimum Gasteiger partial charge on any atom is -0.493 e. The third-order valence-corrected chi connectivity index (χ3v) is 5.76. The van der Waals surface area contributed by atoms with E-state index in [1.807, 2.05) is 24.4 Å². The van der Waals surface area contributed by atoms with Crippen molar-refractivity contribution >= 4 is 16.9 Å². The second kappa shape index (κ2) is 7.63. The number of fused-ring (bicyclic) bond motifs is 5. The van der Waals surface area contributed by atoms with E-state index < -0.39 is 6.09 Å². The van der Waals surface area contributed by atoms with Gasteiger partial charge in [0.1, 0.15) is 0 Å². The monoisotopic (exact) mass is 422 g/mol. The molecule has 160 valence electrons. The molecule has 31 heavy (non-hydrogen) atoms. The highest BCUT2D eigenvalue weighted by Gasteiger charge is 2.29. The minimum atomic E-state index is -0.475. The maximum atomic E-state index is 12.5. The number of rotatable bonds is 4. The quantitative estimate of drug-likeness (QED) is 0.650. The van der Waals surface area contributed by atoms with Gasteiger partial charge in [-0.05, 0) is 35.2 Å². The fourth-order valence-electron chi connectivity index (χ4n) is 4.11. The fourth-order valence-corrected chi connectivity index (χ4v) is 4.11. The van der Waals surface area contributed by atoms with Crippen LogP contribution in [0.2, 0.25) is 0 Å². The Hall–Kier alpha value is -3.52. The number of aryl methyl sites for hydroxylation is 2. The number of aromatic nitrogens is 1. The molecule has 0 radical (unpaired) electrons. The Morgan fingerprint density at radius 2 is 2.03 bits per heavy atom. The van der Waals surface area contributed by atoms with Crippen molar-refractivity contribution in [3.63, 3.8) is 0 Å². The molecule has 0 atom stereocenters. The molecule has 0 unspecified atom stereocenters. The Morgan fingerprint density at radius 1 is 1.23 bits per heavy atom. The number of ether oxygens (including phenoxy) is 4. The first-order valence-corrected chi connectivity index (χ1v) is 10.2. The van der Waals surface area contributed by atoms with Crippen LogP contribution in [-0.4, -0.2) is 45.0 Å². The van der Waals surface area contributed by atoms with Crippen molar-refractivity contribution in [2.75, 3.05) is 34.0 Å². The van der Waals surface area contributed by atoms with Gasteiger partial charge in [-0.1, -0.05) is 0 Å². The van der Waals surface area contributed by atoms with Crippen LogP contribution in [0.25, 0.3) is 22.0 Å². The van der Waals surface area contributed by atoms with Gasteiger partial charge in [-0.25, -0.2) is 4.79 Å². The predicted molar refractivity (Wildman–Crippen MR) is 114 cm³/mol. The third-order valence-electron chi connectivity index (χ3n) is 5.76. The van der Waals surface area contributed by atoms with Gasteiger partial charge in [-0.2, -0.15) is 4.57 Å². The van der Waals surface area contributed by atoms with Gasteiger partial charge in [0.15, 0.2) is 35.7 Å². The molecule has 0 spiro atoms. The Balaban J connectivity index is 1.61. The maximum Gasteiger partial charge on any atom is 0.415 e. The molecule has 8 nitrogen and oxygen atoms in total. The summed E-state index contributed by atoms with van der Waals surface area (Å²) >= 11 is 0. The molecule has 1 amide bonds. The number of hydrogen-bond donors (Lipinski definition) is 1. The van der Waals surface area contributed by atoms with Crippen molar-refractivity contribution in [1.29, 1.82) is 0 Å². The van der Waals surface area contributed by atoms with Gasteiger partial charge in [0, 0.05) is 32.6 Å². The van der Waals surface area contributed by atoms with Gasteiger partial charge in [-0.3, -0.25) is 0 Å². The highest BCUT2D eigenvalue weighted by Crippen LogP contribution is 2.41. The number of hydrogen-bond acceptors (Lipinski definition) is 6. The van der Waals surface area contributed by atoms with Crippen LogP contribution in [0.4, 0.5) is 4.79 Å². The largest absolute Gasteiger partial charge is 0.493 e. The molecule has 3 aromatic rings. The molecule has 2 aliphatic rings. The predicted octanol–water partition coefficient (Wildman–Crippen LogP) is 2.48. The van der Waals surface area contributed by atoms with Gasteiger partial charge in [0.25, 0.3) is 0 Å². The smallest absolute Gasteiger partial charge is 0.415 e. The normalized spacial score (nSPS) is 13.5. The zero-order valence-electron chi connectivity index (χ0n) is 17.5. The van der Waals surface area contributed by atoms with Crippen LogP contribution in [-0.2, 0) is 13.0 Å². The molecule has 8 heteroatoms. The van der Waals surface area contributed by atoms with E-state index in [0.717, 1.165) is 46.5 Å². The summed E-state index contributed by atoms with van der Waals surface area (Å²) in [6.45, 7) is 1.82. The highest BCUT2D eigenvalue weighted by molar-refractivity contribution is 5.93. The zero-order chi connectivity index (χ0) is 21.5. The number of methoxy groups -OCH3 is 1. The average Bonchev–Trinajstić information content (AvgIpc) is 3.24. The molecular weight excluding hydrogens is 398 g/mol. The molecule has 1 aromatic heterocycles. The molecule has 2 N–H and O–H groups in total. The molecule has 5 rings (SSSR count). The molecule has 0 aliphatic carbocycles. The SMILES string of the molecule is COc1ccc2cc3[n+](cc2c1OC(=O)N(C)CCN)CCc1cc2c(cc1-3)OCO2. The summed E-state index contributed by atoms with van der Waals surface area (Å²) in [6, 6.07) is 10.0. The topological polar surface area (TPSA) is 87.1 Å². The lowest BCUT2D eigenvalue weighted by Crippen LogP contribution is -2.40. The van der Waals surface area contributed by atoms with Crippen molar-refractivity contribution in [3.8, 4) is 34.3 Å². The summed E-state index contributed by atoms with van der Waals surface area (Å²) in [6.07, 6.45) is 2.41. The number of carbonyl (C=O) groups is 1. The second-order valence-electron chi connectivity index (χ2n) is 7.64. The van der Waals surface area contributed by atoms with Crippen LogP contribution in [0, 0.1) is 0 Å². The van der Waals surface area contributed by atoms with Gasteiger partial charge < -0.3 is 29.6 Å². The number of amides is 1. The van der Waals surface area contributed by atoms with Crippen LogP contribution in [0.5, 0.6) is 23.0 Å².